The third-order valence-corrected chi connectivity index (χ3v) is 3.38. The first kappa shape index (κ1) is 11.4. The molecule has 0 radical (unpaired) electrons. The van der Waals surface area contributed by atoms with Gasteiger partial charge in [-0.05, 0) is 24.0 Å². The van der Waals surface area contributed by atoms with Gasteiger partial charge in [-0.1, -0.05) is 23.4 Å². The van der Waals surface area contributed by atoms with E-state index >= 15 is 0 Å². The first-order valence-electron chi connectivity index (χ1n) is 6.13. The van der Waals surface area contributed by atoms with Crippen LogP contribution in [-0.2, 0) is 6.42 Å². The van der Waals surface area contributed by atoms with Gasteiger partial charge in [0.25, 0.3) is 0 Å². The lowest BCUT2D eigenvalue weighted by atomic mass is 10.0. The Morgan fingerprint density at radius 2 is 2.39 bits per heavy atom. The Labute approximate surface area is 105 Å². The lowest BCUT2D eigenvalue weighted by Crippen LogP contribution is -2.22. The largest absolute Gasteiger partial charge is 0.395 e. The van der Waals surface area contributed by atoms with Crippen molar-refractivity contribution in [2.45, 2.75) is 18.9 Å². The molecule has 1 atom stereocenters. The quantitative estimate of drug-likeness (QED) is 0.849. The fourth-order valence-corrected chi connectivity index (χ4v) is 2.60. The zero-order valence-electron chi connectivity index (χ0n) is 9.97. The highest BCUT2D eigenvalue weighted by molar-refractivity contribution is 5.63. The van der Waals surface area contributed by atoms with Gasteiger partial charge in [0.05, 0.1) is 6.61 Å². The van der Waals surface area contributed by atoms with E-state index in [1.165, 1.54) is 17.5 Å². The van der Waals surface area contributed by atoms with E-state index in [0.29, 0.717) is 18.4 Å². The number of nitrogens with one attached hydrogen (secondary N) is 1. The summed E-state index contributed by atoms with van der Waals surface area (Å²) in [6, 6.07) is 6.49. The van der Waals surface area contributed by atoms with Crippen LogP contribution in [0, 0.1) is 0 Å². The molecule has 1 heterocycles. The smallest absolute Gasteiger partial charge is 0.214 e. The average Bonchev–Trinajstić information content (AvgIpc) is 3.05. The number of hydrogen-bond donors (Lipinski definition) is 2. The number of fused-ring (bicyclic) bond motifs is 1. The van der Waals surface area contributed by atoms with Crippen LogP contribution in [0.2, 0.25) is 0 Å². The molecule has 0 saturated carbocycles. The summed E-state index contributed by atoms with van der Waals surface area (Å²) in [5.41, 5.74) is 3.62. The molecule has 94 valence electrons. The lowest BCUT2D eigenvalue weighted by Gasteiger charge is -2.13. The molecule has 1 aliphatic rings. The Bertz CT molecular complexity index is 525. The van der Waals surface area contributed by atoms with Crippen molar-refractivity contribution in [2.75, 3.05) is 13.2 Å². The molecular formula is C13H15N3O2. The van der Waals surface area contributed by atoms with Crippen LogP contribution in [0.15, 0.2) is 29.1 Å². The molecule has 0 saturated heterocycles. The van der Waals surface area contributed by atoms with Crippen molar-refractivity contribution < 1.29 is 9.63 Å². The maximum absolute atomic E-state index is 8.88. The van der Waals surface area contributed by atoms with Crippen LogP contribution >= 0.6 is 0 Å². The van der Waals surface area contributed by atoms with E-state index in [0.717, 1.165) is 18.4 Å². The maximum Gasteiger partial charge on any atom is 0.214 e. The molecule has 0 fully saturated rings. The molecule has 1 aliphatic carbocycles. The second-order valence-electron chi connectivity index (χ2n) is 4.40. The van der Waals surface area contributed by atoms with Crippen LogP contribution < -0.4 is 5.32 Å². The number of aromatic nitrogens is 2. The number of rotatable bonds is 4. The minimum atomic E-state index is 0.163. The van der Waals surface area contributed by atoms with Crippen LogP contribution in [0.3, 0.4) is 0 Å². The van der Waals surface area contributed by atoms with E-state index in [-0.39, 0.29) is 6.61 Å². The monoisotopic (exact) mass is 245 g/mol. The molecule has 0 spiro atoms. The molecule has 3 rings (SSSR count). The summed E-state index contributed by atoms with van der Waals surface area (Å²) in [5, 5.41) is 16.1. The molecule has 0 amide bonds. The molecule has 1 aromatic carbocycles. The number of benzene rings is 1. The van der Waals surface area contributed by atoms with Crippen LogP contribution in [0.1, 0.15) is 23.6 Å². The zero-order chi connectivity index (χ0) is 12.4. The van der Waals surface area contributed by atoms with Crippen LogP contribution in [0.25, 0.3) is 11.4 Å². The second kappa shape index (κ2) is 4.88. The van der Waals surface area contributed by atoms with Gasteiger partial charge in [0.15, 0.2) is 0 Å². The third-order valence-electron chi connectivity index (χ3n) is 3.38. The van der Waals surface area contributed by atoms with E-state index < -0.39 is 0 Å². The number of aliphatic hydroxyl groups excluding tert-OH is 1. The summed E-state index contributed by atoms with van der Waals surface area (Å²) in [5.74, 6) is 0.648. The summed E-state index contributed by atoms with van der Waals surface area (Å²) in [4.78, 5) is 4.11. The van der Waals surface area contributed by atoms with Gasteiger partial charge in [-0.3, -0.25) is 0 Å². The van der Waals surface area contributed by atoms with Crippen molar-refractivity contribution in [1.82, 2.24) is 15.5 Å². The lowest BCUT2D eigenvalue weighted by molar-refractivity contribution is 0.284. The van der Waals surface area contributed by atoms with Gasteiger partial charge in [0.2, 0.25) is 12.2 Å². The minimum Gasteiger partial charge on any atom is -0.395 e. The SMILES string of the molecule is OCCNC1CCc2c(-c3ncon3)cccc21. The predicted molar refractivity (Wildman–Crippen MR) is 65.9 cm³/mol. The molecule has 2 aromatic rings. The minimum absolute atomic E-state index is 0.163. The van der Waals surface area contributed by atoms with Gasteiger partial charge < -0.3 is 14.9 Å². The highest BCUT2D eigenvalue weighted by atomic mass is 16.5. The van der Waals surface area contributed by atoms with Crippen molar-refractivity contribution in [3.05, 3.63) is 35.7 Å². The molecular weight excluding hydrogens is 230 g/mol. The van der Waals surface area contributed by atoms with Crippen molar-refractivity contribution in [2.24, 2.45) is 0 Å². The highest BCUT2D eigenvalue weighted by Crippen LogP contribution is 2.36. The molecule has 1 aromatic heterocycles. The van der Waals surface area contributed by atoms with Crippen molar-refractivity contribution >= 4 is 0 Å². The van der Waals surface area contributed by atoms with Crippen molar-refractivity contribution in [1.29, 1.82) is 0 Å². The first-order chi connectivity index (χ1) is 8.90. The van der Waals surface area contributed by atoms with E-state index in [1.54, 1.807) is 0 Å². The summed E-state index contributed by atoms with van der Waals surface area (Å²) in [6.07, 6.45) is 3.40. The number of hydrogen-bond acceptors (Lipinski definition) is 5. The van der Waals surface area contributed by atoms with Crippen LogP contribution in [0.5, 0.6) is 0 Å². The average molecular weight is 245 g/mol. The van der Waals surface area contributed by atoms with Gasteiger partial charge in [-0.25, -0.2) is 0 Å². The van der Waals surface area contributed by atoms with E-state index in [2.05, 4.69) is 21.5 Å². The second-order valence-corrected chi connectivity index (χ2v) is 4.40. The summed E-state index contributed by atoms with van der Waals surface area (Å²) in [6.45, 7) is 0.785. The fourth-order valence-electron chi connectivity index (χ4n) is 2.60. The molecule has 2 N–H and O–H groups in total. The van der Waals surface area contributed by atoms with E-state index in [9.17, 15) is 0 Å². The Morgan fingerprint density at radius 1 is 1.44 bits per heavy atom. The fraction of sp³-hybridized carbons (Fsp3) is 0.385. The van der Waals surface area contributed by atoms with Crippen LogP contribution in [0.4, 0.5) is 0 Å². The molecule has 18 heavy (non-hydrogen) atoms. The van der Waals surface area contributed by atoms with E-state index in [4.69, 9.17) is 9.63 Å². The molecule has 1 unspecified atom stereocenters. The Morgan fingerprint density at radius 3 is 3.17 bits per heavy atom. The van der Waals surface area contributed by atoms with Gasteiger partial charge in [-0.15, -0.1) is 0 Å². The molecule has 0 aliphatic heterocycles. The normalized spacial score (nSPS) is 17.9. The highest BCUT2D eigenvalue weighted by Gasteiger charge is 2.25. The number of nitrogens with zero attached hydrogens (tertiary/aromatic N) is 2. The first-order valence-corrected chi connectivity index (χ1v) is 6.13. The van der Waals surface area contributed by atoms with E-state index in [1.807, 2.05) is 12.1 Å². The molecule has 5 heteroatoms. The van der Waals surface area contributed by atoms with Gasteiger partial charge in [-0.2, -0.15) is 4.98 Å². The molecule has 5 nitrogen and oxygen atoms in total. The van der Waals surface area contributed by atoms with Crippen LogP contribution in [-0.4, -0.2) is 28.4 Å². The number of aliphatic hydroxyl groups is 1. The van der Waals surface area contributed by atoms with Gasteiger partial charge >= 0.3 is 0 Å². The summed E-state index contributed by atoms with van der Waals surface area (Å²) >= 11 is 0. The van der Waals surface area contributed by atoms with Crippen molar-refractivity contribution in [3.63, 3.8) is 0 Å². The summed E-state index contributed by atoms with van der Waals surface area (Å²) < 4.78 is 4.81. The zero-order valence-corrected chi connectivity index (χ0v) is 9.97. The van der Waals surface area contributed by atoms with Gasteiger partial charge in [0.1, 0.15) is 0 Å². The predicted octanol–water partition coefficient (Wildman–Crippen LogP) is 1.31. The Balaban J connectivity index is 1.94. The molecule has 0 bridgehead atoms. The Hall–Kier alpha value is -1.72. The Kier molecular flexibility index (Phi) is 3.08. The topological polar surface area (TPSA) is 71.2 Å². The van der Waals surface area contributed by atoms with Crippen molar-refractivity contribution in [3.8, 4) is 11.4 Å². The standard InChI is InChI=1S/C13H15N3O2/c17-7-6-14-12-5-4-9-10(12)2-1-3-11(9)13-15-8-18-16-13/h1-3,8,12,14,17H,4-7H2. The van der Waals surface area contributed by atoms with Gasteiger partial charge in [0, 0.05) is 18.2 Å². The third kappa shape index (κ3) is 1.91. The maximum atomic E-state index is 8.88. The summed E-state index contributed by atoms with van der Waals surface area (Å²) in [7, 11) is 0.